The normalized spacial score (nSPS) is 21.9. The first-order valence-corrected chi connectivity index (χ1v) is 6.79. The molecule has 1 saturated heterocycles. The molecule has 0 aromatic heterocycles. The van der Waals surface area contributed by atoms with Gasteiger partial charge < -0.3 is 19.3 Å². The van der Waals surface area contributed by atoms with Gasteiger partial charge in [0.1, 0.15) is 0 Å². The second-order valence-electron chi connectivity index (χ2n) is 4.84. The zero-order valence-corrected chi connectivity index (χ0v) is 11.8. The number of hydrogen-bond donors (Lipinski definition) is 0. The highest BCUT2D eigenvalue weighted by Crippen LogP contribution is 2.14. The van der Waals surface area contributed by atoms with Gasteiger partial charge in [0.15, 0.2) is 6.29 Å². The highest BCUT2D eigenvalue weighted by atomic mass is 16.7. The molecule has 0 radical (unpaired) electrons. The Balaban J connectivity index is 2.21. The van der Waals surface area contributed by atoms with Gasteiger partial charge in [0, 0.05) is 38.8 Å². The van der Waals surface area contributed by atoms with Crippen molar-refractivity contribution in [3.8, 4) is 0 Å². The summed E-state index contributed by atoms with van der Waals surface area (Å²) in [7, 11) is 4.33. The molecule has 1 aliphatic rings. The Morgan fingerprint density at radius 2 is 1.88 bits per heavy atom. The summed E-state index contributed by atoms with van der Waals surface area (Å²) in [6, 6.07) is 0.715. The van der Waals surface area contributed by atoms with Crippen LogP contribution in [0.15, 0.2) is 0 Å². The minimum Gasteiger partial charge on any atom is -0.353 e. The van der Waals surface area contributed by atoms with Crippen LogP contribution in [-0.4, -0.2) is 69.1 Å². The maximum atomic E-state index is 5.56. The summed E-state index contributed by atoms with van der Waals surface area (Å²) in [6.45, 7) is 8.95. The Kier molecular flexibility index (Phi) is 7.04. The molecule has 1 aliphatic heterocycles. The standard InChI is InChI=1S/C13H28N2O2/c1-5-16-13(17-6-2)8-10-15-9-7-12(11-15)14(3)4/h12-13H,5-11H2,1-4H3. The SMILES string of the molecule is CCOC(CCN1CCC(N(C)C)C1)OCC. The Bertz CT molecular complexity index is 194. The van der Waals surface area contributed by atoms with E-state index in [1.54, 1.807) is 0 Å². The van der Waals surface area contributed by atoms with E-state index in [0.717, 1.165) is 26.2 Å². The lowest BCUT2D eigenvalue weighted by atomic mass is 10.2. The van der Waals surface area contributed by atoms with Crippen LogP contribution >= 0.6 is 0 Å². The quantitative estimate of drug-likeness (QED) is 0.603. The second kappa shape index (κ2) is 8.03. The maximum absolute atomic E-state index is 5.56. The molecule has 1 rings (SSSR count). The summed E-state index contributed by atoms with van der Waals surface area (Å²) in [5, 5.41) is 0. The average molecular weight is 244 g/mol. The predicted molar refractivity (Wildman–Crippen MR) is 70.2 cm³/mol. The second-order valence-corrected chi connectivity index (χ2v) is 4.84. The van der Waals surface area contributed by atoms with Crippen molar-refractivity contribution in [2.75, 3.05) is 46.9 Å². The molecule has 0 aliphatic carbocycles. The first-order valence-electron chi connectivity index (χ1n) is 6.79. The maximum Gasteiger partial charge on any atom is 0.158 e. The van der Waals surface area contributed by atoms with Crippen LogP contribution in [0.4, 0.5) is 0 Å². The molecule has 0 aromatic carbocycles. The average Bonchev–Trinajstić information content (AvgIpc) is 2.75. The van der Waals surface area contributed by atoms with E-state index in [4.69, 9.17) is 9.47 Å². The molecule has 1 atom stereocenters. The summed E-state index contributed by atoms with van der Waals surface area (Å²) in [5.41, 5.74) is 0. The largest absolute Gasteiger partial charge is 0.353 e. The van der Waals surface area contributed by atoms with Crippen molar-refractivity contribution in [1.82, 2.24) is 9.80 Å². The van der Waals surface area contributed by atoms with Crippen molar-refractivity contribution in [1.29, 1.82) is 0 Å². The zero-order valence-electron chi connectivity index (χ0n) is 11.8. The van der Waals surface area contributed by atoms with Crippen molar-refractivity contribution in [3.05, 3.63) is 0 Å². The molecule has 0 saturated carbocycles. The van der Waals surface area contributed by atoms with Crippen molar-refractivity contribution < 1.29 is 9.47 Å². The summed E-state index contributed by atoms with van der Waals surface area (Å²) >= 11 is 0. The van der Waals surface area contributed by atoms with Gasteiger partial charge in [-0.1, -0.05) is 0 Å². The van der Waals surface area contributed by atoms with Gasteiger partial charge >= 0.3 is 0 Å². The van der Waals surface area contributed by atoms with E-state index in [0.29, 0.717) is 6.04 Å². The van der Waals surface area contributed by atoms with E-state index < -0.39 is 0 Å². The number of nitrogens with zero attached hydrogens (tertiary/aromatic N) is 2. The van der Waals surface area contributed by atoms with Crippen LogP contribution in [0.25, 0.3) is 0 Å². The van der Waals surface area contributed by atoms with E-state index in [1.165, 1.54) is 19.5 Å². The summed E-state index contributed by atoms with van der Waals surface area (Å²) in [6.07, 6.45) is 2.23. The zero-order chi connectivity index (χ0) is 12.7. The van der Waals surface area contributed by atoms with Crippen molar-refractivity contribution in [2.45, 2.75) is 39.0 Å². The van der Waals surface area contributed by atoms with E-state index in [2.05, 4.69) is 23.9 Å². The van der Waals surface area contributed by atoms with Crippen LogP contribution in [0, 0.1) is 0 Å². The van der Waals surface area contributed by atoms with Crippen LogP contribution in [-0.2, 0) is 9.47 Å². The highest BCUT2D eigenvalue weighted by Gasteiger charge is 2.24. The number of likely N-dealkylation sites (tertiary alicyclic amines) is 1. The number of ether oxygens (including phenoxy) is 2. The Morgan fingerprint density at radius 3 is 2.35 bits per heavy atom. The molecular weight excluding hydrogens is 216 g/mol. The third-order valence-corrected chi connectivity index (χ3v) is 3.36. The molecule has 102 valence electrons. The van der Waals surface area contributed by atoms with Crippen LogP contribution in [0.5, 0.6) is 0 Å². The molecule has 1 unspecified atom stereocenters. The van der Waals surface area contributed by atoms with Gasteiger partial charge in [0.2, 0.25) is 0 Å². The van der Waals surface area contributed by atoms with Crippen LogP contribution < -0.4 is 0 Å². The first kappa shape index (κ1) is 14.9. The molecule has 0 amide bonds. The minimum atomic E-state index is -0.0246. The Hall–Kier alpha value is -0.160. The Labute approximate surface area is 106 Å². The van der Waals surface area contributed by atoms with Crippen molar-refractivity contribution in [2.24, 2.45) is 0 Å². The van der Waals surface area contributed by atoms with Gasteiger partial charge in [-0.25, -0.2) is 0 Å². The van der Waals surface area contributed by atoms with Gasteiger partial charge in [0.05, 0.1) is 0 Å². The number of hydrogen-bond acceptors (Lipinski definition) is 4. The molecule has 0 N–H and O–H groups in total. The third-order valence-electron chi connectivity index (χ3n) is 3.36. The monoisotopic (exact) mass is 244 g/mol. The third kappa shape index (κ3) is 5.34. The fourth-order valence-corrected chi connectivity index (χ4v) is 2.31. The molecule has 1 heterocycles. The van der Waals surface area contributed by atoms with Gasteiger partial charge in [0.25, 0.3) is 0 Å². The predicted octanol–water partition coefficient (Wildman–Crippen LogP) is 1.41. The van der Waals surface area contributed by atoms with E-state index in [9.17, 15) is 0 Å². The highest BCUT2D eigenvalue weighted by molar-refractivity contribution is 4.80. The van der Waals surface area contributed by atoms with Crippen LogP contribution in [0.1, 0.15) is 26.7 Å². The fourth-order valence-electron chi connectivity index (χ4n) is 2.31. The van der Waals surface area contributed by atoms with Gasteiger partial charge in [-0.15, -0.1) is 0 Å². The van der Waals surface area contributed by atoms with E-state index in [-0.39, 0.29) is 6.29 Å². The molecule has 4 heteroatoms. The van der Waals surface area contributed by atoms with Gasteiger partial charge in [-0.05, 0) is 40.9 Å². The van der Waals surface area contributed by atoms with E-state index >= 15 is 0 Å². The summed E-state index contributed by atoms with van der Waals surface area (Å²) in [5.74, 6) is 0. The smallest absolute Gasteiger partial charge is 0.158 e. The summed E-state index contributed by atoms with van der Waals surface area (Å²) in [4.78, 5) is 4.83. The van der Waals surface area contributed by atoms with Crippen LogP contribution in [0.3, 0.4) is 0 Å². The van der Waals surface area contributed by atoms with Gasteiger partial charge in [-0.2, -0.15) is 0 Å². The molecule has 0 aromatic rings. The lowest BCUT2D eigenvalue weighted by molar-refractivity contribution is -0.141. The number of rotatable bonds is 8. The first-order chi connectivity index (χ1) is 8.17. The Morgan fingerprint density at radius 1 is 1.24 bits per heavy atom. The molecular formula is C13H28N2O2. The lowest BCUT2D eigenvalue weighted by Crippen LogP contribution is -2.33. The van der Waals surface area contributed by atoms with E-state index in [1.807, 2.05) is 13.8 Å². The molecule has 1 fully saturated rings. The molecule has 17 heavy (non-hydrogen) atoms. The lowest BCUT2D eigenvalue weighted by Gasteiger charge is -2.22. The van der Waals surface area contributed by atoms with Crippen molar-refractivity contribution in [3.63, 3.8) is 0 Å². The molecule has 0 bridgehead atoms. The van der Waals surface area contributed by atoms with Gasteiger partial charge in [-0.3, -0.25) is 0 Å². The summed E-state index contributed by atoms with van der Waals surface area (Å²) < 4.78 is 11.1. The van der Waals surface area contributed by atoms with Crippen LogP contribution in [0.2, 0.25) is 0 Å². The fraction of sp³-hybridized carbons (Fsp3) is 1.00. The topological polar surface area (TPSA) is 24.9 Å². The van der Waals surface area contributed by atoms with Crippen molar-refractivity contribution >= 4 is 0 Å². The minimum absolute atomic E-state index is 0.0246. The molecule has 4 nitrogen and oxygen atoms in total. The number of likely N-dealkylation sites (N-methyl/N-ethyl adjacent to an activating group) is 1. The molecule has 0 spiro atoms.